The van der Waals surface area contributed by atoms with Crippen molar-refractivity contribution in [3.8, 4) is 0 Å². The van der Waals surface area contributed by atoms with E-state index in [1.165, 1.54) is 0 Å². The van der Waals surface area contributed by atoms with Crippen LogP contribution in [0.2, 0.25) is 0 Å². The molecule has 0 aliphatic carbocycles. The van der Waals surface area contributed by atoms with Crippen LogP contribution >= 0.6 is 0 Å². The van der Waals surface area contributed by atoms with Crippen molar-refractivity contribution in [2.75, 3.05) is 10.6 Å². The fourth-order valence-corrected chi connectivity index (χ4v) is 1.84. The van der Waals surface area contributed by atoms with Crippen molar-refractivity contribution in [1.29, 1.82) is 0 Å². The Labute approximate surface area is 124 Å². The molecular weight excluding hydrogens is 264 g/mol. The Balaban J connectivity index is 1.86. The van der Waals surface area contributed by atoms with Crippen LogP contribution in [0.25, 0.3) is 0 Å². The number of carbonyl (C=O) groups is 1. The van der Waals surface area contributed by atoms with Gasteiger partial charge in [-0.25, -0.2) is 4.98 Å². The maximum Gasteiger partial charge on any atom is 0.224 e. The van der Waals surface area contributed by atoms with E-state index in [0.717, 1.165) is 11.5 Å². The second kappa shape index (κ2) is 7.38. The molecule has 0 aliphatic rings. The van der Waals surface area contributed by atoms with Crippen molar-refractivity contribution in [1.82, 2.24) is 9.97 Å². The Morgan fingerprint density at radius 3 is 2.67 bits per heavy atom. The number of pyridine rings is 2. The van der Waals surface area contributed by atoms with Crippen LogP contribution in [0.4, 0.5) is 11.5 Å². The molecule has 5 nitrogen and oxygen atoms in total. The van der Waals surface area contributed by atoms with Gasteiger partial charge in [0.05, 0.1) is 24.1 Å². The monoisotopic (exact) mass is 284 g/mol. The molecule has 2 N–H and O–H groups in total. The Bertz CT molecular complexity index is 567. The minimum atomic E-state index is 0.0148. The molecule has 0 fully saturated rings. The van der Waals surface area contributed by atoms with E-state index < -0.39 is 0 Å². The molecule has 2 aromatic rings. The van der Waals surface area contributed by atoms with Crippen LogP contribution in [0.15, 0.2) is 42.7 Å². The predicted molar refractivity (Wildman–Crippen MR) is 83.9 cm³/mol. The highest BCUT2D eigenvalue weighted by atomic mass is 16.1. The van der Waals surface area contributed by atoms with Crippen LogP contribution in [0.3, 0.4) is 0 Å². The summed E-state index contributed by atoms with van der Waals surface area (Å²) in [5, 5.41) is 6.02. The maximum atomic E-state index is 11.7. The SMILES string of the molecule is CC(C)CC(=O)Nc1ccc(NCc2ccccn2)nc1. The number of carbonyl (C=O) groups excluding carboxylic acids is 1. The summed E-state index contributed by atoms with van der Waals surface area (Å²) < 4.78 is 0. The van der Waals surface area contributed by atoms with E-state index in [1.807, 2.05) is 44.2 Å². The van der Waals surface area contributed by atoms with Crippen molar-refractivity contribution >= 4 is 17.4 Å². The van der Waals surface area contributed by atoms with Crippen LogP contribution in [-0.4, -0.2) is 15.9 Å². The van der Waals surface area contributed by atoms with Gasteiger partial charge in [-0.3, -0.25) is 9.78 Å². The molecule has 0 aliphatic heterocycles. The molecule has 0 atom stereocenters. The van der Waals surface area contributed by atoms with E-state index in [9.17, 15) is 4.79 Å². The molecule has 110 valence electrons. The summed E-state index contributed by atoms with van der Waals surface area (Å²) in [6.07, 6.45) is 3.93. The summed E-state index contributed by atoms with van der Waals surface area (Å²) in [6.45, 7) is 4.65. The van der Waals surface area contributed by atoms with E-state index in [2.05, 4.69) is 20.6 Å². The van der Waals surface area contributed by atoms with Crippen LogP contribution in [0.5, 0.6) is 0 Å². The third kappa shape index (κ3) is 5.22. The lowest BCUT2D eigenvalue weighted by atomic mass is 10.1. The first kappa shape index (κ1) is 15.0. The second-order valence-corrected chi connectivity index (χ2v) is 5.25. The fraction of sp³-hybridized carbons (Fsp3) is 0.312. The third-order valence-corrected chi connectivity index (χ3v) is 2.82. The largest absolute Gasteiger partial charge is 0.364 e. The number of hydrogen-bond donors (Lipinski definition) is 2. The van der Waals surface area contributed by atoms with E-state index >= 15 is 0 Å². The Morgan fingerprint density at radius 1 is 1.19 bits per heavy atom. The zero-order valence-corrected chi connectivity index (χ0v) is 12.3. The van der Waals surface area contributed by atoms with Crippen molar-refractivity contribution in [3.05, 3.63) is 48.4 Å². The molecule has 2 aromatic heterocycles. The van der Waals surface area contributed by atoms with Crippen molar-refractivity contribution in [3.63, 3.8) is 0 Å². The van der Waals surface area contributed by atoms with Crippen LogP contribution in [-0.2, 0) is 11.3 Å². The molecular formula is C16H20N4O. The summed E-state index contributed by atoms with van der Waals surface area (Å²) in [5.41, 5.74) is 1.66. The summed E-state index contributed by atoms with van der Waals surface area (Å²) in [4.78, 5) is 20.2. The van der Waals surface area contributed by atoms with E-state index in [0.29, 0.717) is 24.6 Å². The lowest BCUT2D eigenvalue weighted by Gasteiger charge is -2.08. The molecule has 0 unspecified atom stereocenters. The molecule has 0 spiro atoms. The smallest absolute Gasteiger partial charge is 0.224 e. The Morgan fingerprint density at radius 2 is 2.05 bits per heavy atom. The van der Waals surface area contributed by atoms with Gasteiger partial charge in [-0.15, -0.1) is 0 Å². The van der Waals surface area contributed by atoms with Gasteiger partial charge in [0.1, 0.15) is 5.82 Å². The highest BCUT2D eigenvalue weighted by Gasteiger charge is 2.05. The second-order valence-electron chi connectivity index (χ2n) is 5.25. The lowest BCUT2D eigenvalue weighted by Crippen LogP contribution is -2.14. The summed E-state index contributed by atoms with van der Waals surface area (Å²) >= 11 is 0. The molecule has 0 aromatic carbocycles. The highest BCUT2D eigenvalue weighted by Crippen LogP contribution is 2.11. The summed E-state index contributed by atoms with van der Waals surface area (Å²) in [5.74, 6) is 1.11. The third-order valence-electron chi connectivity index (χ3n) is 2.82. The number of hydrogen-bond acceptors (Lipinski definition) is 4. The quantitative estimate of drug-likeness (QED) is 0.855. The molecule has 2 heterocycles. The molecule has 2 rings (SSSR count). The van der Waals surface area contributed by atoms with Crippen LogP contribution in [0, 0.1) is 5.92 Å². The molecule has 0 saturated heterocycles. The van der Waals surface area contributed by atoms with Gasteiger partial charge in [-0.2, -0.15) is 0 Å². The molecule has 0 bridgehead atoms. The Kier molecular flexibility index (Phi) is 5.26. The summed E-state index contributed by atoms with van der Waals surface area (Å²) in [6, 6.07) is 9.47. The first-order valence-corrected chi connectivity index (χ1v) is 7.03. The minimum Gasteiger partial charge on any atom is -0.364 e. The number of aromatic nitrogens is 2. The van der Waals surface area contributed by atoms with E-state index in [-0.39, 0.29) is 5.91 Å². The average molecular weight is 284 g/mol. The van der Waals surface area contributed by atoms with Crippen LogP contribution in [0.1, 0.15) is 26.0 Å². The van der Waals surface area contributed by atoms with Gasteiger partial charge in [-0.1, -0.05) is 19.9 Å². The number of amides is 1. The van der Waals surface area contributed by atoms with Gasteiger partial charge in [0, 0.05) is 12.6 Å². The molecule has 1 amide bonds. The van der Waals surface area contributed by atoms with Gasteiger partial charge < -0.3 is 10.6 Å². The molecule has 0 saturated carbocycles. The lowest BCUT2D eigenvalue weighted by molar-refractivity contribution is -0.116. The van der Waals surface area contributed by atoms with E-state index in [1.54, 1.807) is 12.4 Å². The molecule has 0 radical (unpaired) electrons. The minimum absolute atomic E-state index is 0.0148. The number of nitrogens with zero attached hydrogens (tertiary/aromatic N) is 2. The zero-order valence-electron chi connectivity index (χ0n) is 12.3. The number of nitrogens with one attached hydrogen (secondary N) is 2. The molecule has 5 heteroatoms. The van der Waals surface area contributed by atoms with Gasteiger partial charge >= 0.3 is 0 Å². The zero-order chi connectivity index (χ0) is 15.1. The first-order chi connectivity index (χ1) is 10.1. The average Bonchev–Trinajstić information content (AvgIpc) is 2.47. The van der Waals surface area contributed by atoms with Crippen molar-refractivity contribution in [2.45, 2.75) is 26.8 Å². The summed E-state index contributed by atoms with van der Waals surface area (Å²) in [7, 11) is 0. The standard InChI is InChI=1S/C16H20N4O/c1-12(2)9-16(21)20-14-6-7-15(19-11-14)18-10-13-5-3-4-8-17-13/h3-8,11-12H,9-10H2,1-2H3,(H,18,19)(H,20,21). The van der Waals surface area contributed by atoms with Crippen LogP contribution < -0.4 is 10.6 Å². The Hall–Kier alpha value is -2.43. The molecule has 21 heavy (non-hydrogen) atoms. The predicted octanol–water partition coefficient (Wildman–Crippen LogP) is 3.07. The van der Waals surface area contributed by atoms with Gasteiger partial charge in [0.15, 0.2) is 0 Å². The van der Waals surface area contributed by atoms with Gasteiger partial charge in [0.2, 0.25) is 5.91 Å². The number of anilines is 2. The van der Waals surface area contributed by atoms with Gasteiger partial charge in [0.25, 0.3) is 0 Å². The first-order valence-electron chi connectivity index (χ1n) is 7.03. The maximum absolute atomic E-state index is 11.7. The normalized spacial score (nSPS) is 10.4. The van der Waals surface area contributed by atoms with Crippen molar-refractivity contribution < 1.29 is 4.79 Å². The fourth-order valence-electron chi connectivity index (χ4n) is 1.84. The van der Waals surface area contributed by atoms with E-state index in [4.69, 9.17) is 0 Å². The topological polar surface area (TPSA) is 66.9 Å². The van der Waals surface area contributed by atoms with Gasteiger partial charge in [-0.05, 0) is 30.2 Å². The number of rotatable bonds is 6. The highest BCUT2D eigenvalue weighted by molar-refractivity contribution is 5.90. The van der Waals surface area contributed by atoms with Crippen molar-refractivity contribution in [2.24, 2.45) is 5.92 Å².